The molecule has 1 aliphatic rings. The van der Waals surface area contributed by atoms with E-state index in [-0.39, 0.29) is 11.8 Å². The third-order valence-electron chi connectivity index (χ3n) is 3.17. The van der Waals surface area contributed by atoms with E-state index in [1.807, 2.05) is 24.3 Å². The fourth-order valence-electron chi connectivity index (χ4n) is 2.12. The first kappa shape index (κ1) is 12.6. The van der Waals surface area contributed by atoms with E-state index in [2.05, 4.69) is 16.7 Å². The van der Waals surface area contributed by atoms with Crippen molar-refractivity contribution in [2.24, 2.45) is 5.92 Å². The molecule has 2 rings (SSSR count). The maximum Gasteiger partial charge on any atom is 0.228 e. The van der Waals surface area contributed by atoms with Crippen molar-refractivity contribution in [3.8, 4) is 6.07 Å². The van der Waals surface area contributed by atoms with Crippen LogP contribution < -0.4 is 10.6 Å². The Bertz CT molecular complexity index is 441. The molecule has 0 saturated carbocycles. The average Bonchev–Trinajstić information content (AvgIpc) is 2.42. The second-order valence-electron chi connectivity index (χ2n) is 4.56. The first-order valence-corrected chi connectivity index (χ1v) is 6.27. The van der Waals surface area contributed by atoms with Crippen LogP contribution in [-0.2, 0) is 11.2 Å². The molecule has 2 N–H and O–H groups in total. The van der Waals surface area contributed by atoms with Gasteiger partial charge >= 0.3 is 0 Å². The van der Waals surface area contributed by atoms with Crippen molar-refractivity contribution in [1.82, 2.24) is 5.32 Å². The third kappa shape index (κ3) is 3.31. The summed E-state index contributed by atoms with van der Waals surface area (Å²) in [4.78, 5) is 12.0. The highest BCUT2D eigenvalue weighted by Gasteiger charge is 2.20. The number of piperidine rings is 1. The minimum atomic E-state index is 0.0672. The van der Waals surface area contributed by atoms with Crippen LogP contribution in [0, 0.1) is 17.2 Å². The lowest BCUT2D eigenvalue weighted by molar-refractivity contribution is -0.120. The van der Waals surface area contributed by atoms with E-state index in [1.54, 1.807) is 0 Å². The maximum absolute atomic E-state index is 12.0. The highest BCUT2D eigenvalue weighted by Crippen LogP contribution is 2.15. The number of anilines is 1. The molecule has 4 nitrogen and oxygen atoms in total. The Balaban J connectivity index is 1.92. The van der Waals surface area contributed by atoms with Gasteiger partial charge in [-0.1, -0.05) is 12.1 Å². The molecule has 1 aliphatic heterocycles. The number of hydrogen-bond acceptors (Lipinski definition) is 3. The zero-order chi connectivity index (χ0) is 12.8. The zero-order valence-corrected chi connectivity index (χ0v) is 10.3. The zero-order valence-electron chi connectivity index (χ0n) is 10.3. The van der Waals surface area contributed by atoms with E-state index in [4.69, 9.17) is 5.26 Å². The molecule has 18 heavy (non-hydrogen) atoms. The van der Waals surface area contributed by atoms with Gasteiger partial charge in [-0.2, -0.15) is 5.26 Å². The summed E-state index contributed by atoms with van der Waals surface area (Å²) in [5.41, 5.74) is 1.77. The standard InChI is InChI=1S/C14H17N3O/c15-8-7-11-3-5-13(6-4-11)17-14(18)12-2-1-9-16-10-12/h3-6,12,16H,1-2,7,9-10H2,(H,17,18). The van der Waals surface area contributed by atoms with E-state index >= 15 is 0 Å². The Morgan fingerprint density at radius 2 is 2.22 bits per heavy atom. The number of carbonyl (C=O) groups excluding carboxylic acids is 1. The topological polar surface area (TPSA) is 64.9 Å². The quantitative estimate of drug-likeness (QED) is 0.849. The first-order chi connectivity index (χ1) is 8.79. The van der Waals surface area contributed by atoms with Gasteiger partial charge in [-0.3, -0.25) is 4.79 Å². The number of carbonyl (C=O) groups is 1. The average molecular weight is 243 g/mol. The lowest BCUT2D eigenvalue weighted by atomic mass is 9.99. The summed E-state index contributed by atoms with van der Waals surface area (Å²) in [5.74, 6) is 0.146. The molecule has 0 aliphatic carbocycles. The summed E-state index contributed by atoms with van der Waals surface area (Å²) < 4.78 is 0. The molecule has 1 heterocycles. The summed E-state index contributed by atoms with van der Waals surface area (Å²) in [6.07, 6.45) is 2.41. The molecule has 0 aromatic heterocycles. The van der Waals surface area contributed by atoms with E-state index in [9.17, 15) is 4.79 Å². The second-order valence-corrected chi connectivity index (χ2v) is 4.56. The highest BCUT2D eigenvalue weighted by molar-refractivity contribution is 5.92. The van der Waals surface area contributed by atoms with Crippen molar-refractivity contribution < 1.29 is 4.79 Å². The number of amides is 1. The van der Waals surface area contributed by atoms with Gasteiger partial charge < -0.3 is 10.6 Å². The molecule has 1 amide bonds. The summed E-state index contributed by atoms with van der Waals surface area (Å²) in [6.45, 7) is 1.77. The third-order valence-corrected chi connectivity index (χ3v) is 3.17. The van der Waals surface area contributed by atoms with Gasteiger partial charge in [0.25, 0.3) is 0 Å². The predicted octanol–water partition coefficient (Wildman–Crippen LogP) is 1.69. The van der Waals surface area contributed by atoms with Crippen molar-refractivity contribution in [3.05, 3.63) is 29.8 Å². The SMILES string of the molecule is N#CCc1ccc(NC(=O)C2CCCNC2)cc1. The van der Waals surface area contributed by atoms with Gasteiger partial charge in [-0.15, -0.1) is 0 Å². The van der Waals surface area contributed by atoms with Crippen LogP contribution in [0.1, 0.15) is 18.4 Å². The Hall–Kier alpha value is -1.86. The first-order valence-electron chi connectivity index (χ1n) is 6.27. The molecule has 1 atom stereocenters. The molecule has 1 fully saturated rings. The molecule has 0 bridgehead atoms. The summed E-state index contributed by atoms with van der Waals surface area (Å²) in [6, 6.07) is 9.54. The van der Waals surface area contributed by atoms with Crippen LogP contribution in [0.15, 0.2) is 24.3 Å². The fraction of sp³-hybridized carbons (Fsp3) is 0.429. The van der Waals surface area contributed by atoms with Gasteiger partial charge in [0.2, 0.25) is 5.91 Å². The molecular weight excluding hydrogens is 226 g/mol. The van der Waals surface area contributed by atoms with Crippen LogP contribution >= 0.6 is 0 Å². The van der Waals surface area contributed by atoms with E-state index < -0.39 is 0 Å². The minimum Gasteiger partial charge on any atom is -0.326 e. The van der Waals surface area contributed by atoms with E-state index in [1.165, 1.54) is 0 Å². The normalized spacial score (nSPS) is 18.9. The van der Waals surface area contributed by atoms with Crippen LogP contribution in [0.2, 0.25) is 0 Å². The van der Waals surface area contributed by atoms with Crippen LogP contribution in [0.3, 0.4) is 0 Å². The summed E-state index contributed by atoms with van der Waals surface area (Å²) >= 11 is 0. The van der Waals surface area contributed by atoms with Gasteiger partial charge in [0.05, 0.1) is 18.4 Å². The number of hydrogen-bond donors (Lipinski definition) is 2. The molecule has 1 unspecified atom stereocenters. The maximum atomic E-state index is 12.0. The number of nitrogens with one attached hydrogen (secondary N) is 2. The van der Waals surface area contributed by atoms with Crippen LogP contribution in [0.5, 0.6) is 0 Å². The molecule has 1 saturated heterocycles. The van der Waals surface area contributed by atoms with Gasteiger partial charge in [-0.05, 0) is 37.1 Å². The monoisotopic (exact) mass is 243 g/mol. The smallest absolute Gasteiger partial charge is 0.228 e. The van der Waals surface area contributed by atoms with Gasteiger partial charge in [0.1, 0.15) is 0 Å². The largest absolute Gasteiger partial charge is 0.326 e. The van der Waals surface area contributed by atoms with Crippen molar-refractivity contribution in [3.63, 3.8) is 0 Å². The Kier molecular flexibility index (Phi) is 4.32. The fourth-order valence-corrected chi connectivity index (χ4v) is 2.12. The van der Waals surface area contributed by atoms with Crippen LogP contribution in [0.25, 0.3) is 0 Å². The number of nitriles is 1. The lowest BCUT2D eigenvalue weighted by Crippen LogP contribution is -2.37. The van der Waals surface area contributed by atoms with Crippen LogP contribution in [0.4, 0.5) is 5.69 Å². The molecule has 1 aromatic carbocycles. The minimum absolute atomic E-state index is 0.0672. The molecule has 94 valence electrons. The molecule has 1 aromatic rings. The van der Waals surface area contributed by atoms with E-state index in [0.717, 1.165) is 37.2 Å². The molecule has 4 heteroatoms. The lowest BCUT2D eigenvalue weighted by Gasteiger charge is -2.21. The van der Waals surface area contributed by atoms with Crippen molar-refractivity contribution in [1.29, 1.82) is 5.26 Å². The molecule has 0 spiro atoms. The Morgan fingerprint density at radius 3 is 2.83 bits per heavy atom. The highest BCUT2D eigenvalue weighted by atomic mass is 16.1. The van der Waals surface area contributed by atoms with Gasteiger partial charge in [0.15, 0.2) is 0 Å². The number of benzene rings is 1. The van der Waals surface area contributed by atoms with E-state index in [0.29, 0.717) is 6.42 Å². The second kappa shape index (κ2) is 6.18. The summed E-state index contributed by atoms with van der Waals surface area (Å²) in [5, 5.41) is 14.7. The molecular formula is C14H17N3O. The predicted molar refractivity (Wildman–Crippen MR) is 70.0 cm³/mol. The number of rotatable bonds is 3. The van der Waals surface area contributed by atoms with Crippen molar-refractivity contribution >= 4 is 11.6 Å². The van der Waals surface area contributed by atoms with Crippen molar-refractivity contribution in [2.75, 3.05) is 18.4 Å². The summed E-state index contributed by atoms with van der Waals surface area (Å²) in [7, 11) is 0. The Labute approximate surface area is 107 Å². The molecule has 0 radical (unpaired) electrons. The van der Waals surface area contributed by atoms with Gasteiger partial charge in [-0.25, -0.2) is 0 Å². The Morgan fingerprint density at radius 1 is 1.44 bits per heavy atom. The van der Waals surface area contributed by atoms with Gasteiger partial charge in [0, 0.05) is 12.2 Å². The number of nitrogens with zero attached hydrogens (tertiary/aromatic N) is 1. The van der Waals surface area contributed by atoms with Crippen molar-refractivity contribution in [2.45, 2.75) is 19.3 Å². The van der Waals surface area contributed by atoms with Crippen LogP contribution in [-0.4, -0.2) is 19.0 Å².